The summed E-state index contributed by atoms with van der Waals surface area (Å²) in [6.07, 6.45) is -5.16. The Morgan fingerprint density at radius 2 is 1.81 bits per heavy atom. The molecule has 0 aliphatic heterocycles. The number of carboxylic acids is 1. The molecule has 0 unspecified atom stereocenters. The van der Waals surface area contributed by atoms with Crippen LogP contribution in [0.2, 0.25) is 0 Å². The quantitative estimate of drug-likeness (QED) is 0.882. The first-order chi connectivity index (χ1) is 9.79. The number of aromatic nitrogens is 1. The predicted octanol–water partition coefficient (Wildman–Crippen LogP) is 3.53. The molecule has 21 heavy (non-hydrogen) atoms. The molecule has 0 spiro atoms. The van der Waals surface area contributed by atoms with Gasteiger partial charge in [-0.05, 0) is 18.2 Å². The van der Waals surface area contributed by atoms with Crippen molar-refractivity contribution in [2.75, 3.05) is 0 Å². The van der Waals surface area contributed by atoms with Crippen LogP contribution < -0.4 is 0 Å². The summed E-state index contributed by atoms with van der Waals surface area (Å²) in [5, 5.41) is 8.67. The average Bonchev–Trinajstić information content (AvgIpc) is 2.39. The molecule has 0 aliphatic rings. The van der Waals surface area contributed by atoms with Gasteiger partial charge in [-0.1, -0.05) is 18.2 Å². The summed E-state index contributed by atoms with van der Waals surface area (Å²) in [5.74, 6) is -2.15. The van der Waals surface area contributed by atoms with Crippen LogP contribution in [0.15, 0.2) is 36.4 Å². The summed E-state index contributed by atoms with van der Waals surface area (Å²) in [6.45, 7) is 0. The van der Waals surface area contributed by atoms with Gasteiger partial charge in [0.15, 0.2) is 0 Å². The number of hydrogen-bond acceptors (Lipinski definition) is 2. The molecule has 0 aliphatic carbocycles. The SMILES string of the molecule is O=C(O)Cc1ccc(F)c(-c2ccccc2C(F)(F)F)n1. The third-order valence-electron chi connectivity index (χ3n) is 2.72. The Kier molecular flexibility index (Phi) is 3.93. The minimum atomic E-state index is -4.66. The van der Waals surface area contributed by atoms with E-state index < -0.39 is 41.2 Å². The highest BCUT2D eigenvalue weighted by Gasteiger charge is 2.34. The molecule has 1 heterocycles. The zero-order chi connectivity index (χ0) is 15.6. The minimum absolute atomic E-state index is 0.0177. The van der Waals surface area contributed by atoms with Gasteiger partial charge in [0.05, 0.1) is 17.7 Å². The first kappa shape index (κ1) is 15.0. The molecule has 7 heteroatoms. The van der Waals surface area contributed by atoms with Crippen molar-refractivity contribution < 1.29 is 27.5 Å². The van der Waals surface area contributed by atoms with E-state index in [1.165, 1.54) is 12.1 Å². The molecule has 0 amide bonds. The predicted molar refractivity (Wildman–Crippen MR) is 66.0 cm³/mol. The van der Waals surface area contributed by atoms with Crippen molar-refractivity contribution in [2.24, 2.45) is 0 Å². The number of aliphatic carboxylic acids is 1. The molecular formula is C14H9F4NO2. The van der Waals surface area contributed by atoms with E-state index in [1.54, 1.807) is 0 Å². The van der Waals surface area contributed by atoms with Crippen LogP contribution in [0.3, 0.4) is 0 Å². The van der Waals surface area contributed by atoms with Gasteiger partial charge in [0, 0.05) is 5.56 Å². The van der Waals surface area contributed by atoms with Gasteiger partial charge in [0.2, 0.25) is 0 Å². The molecule has 0 bridgehead atoms. The Bertz CT molecular complexity index is 683. The Balaban J connectivity index is 2.59. The molecule has 0 atom stereocenters. The van der Waals surface area contributed by atoms with Crippen molar-refractivity contribution in [3.63, 3.8) is 0 Å². The Hall–Kier alpha value is -2.44. The van der Waals surface area contributed by atoms with E-state index in [0.29, 0.717) is 0 Å². The summed E-state index contributed by atoms with van der Waals surface area (Å²) in [5.41, 5.74) is -1.98. The highest BCUT2D eigenvalue weighted by molar-refractivity contribution is 5.70. The molecular weight excluding hydrogens is 290 g/mol. The molecule has 2 rings (SSSR count). The Morgan fingerprint density at radius 3 is 2.43 bits per heavy atom. The third kappa shape index (κ3) is 3.36. The molecule has 1 aromatic heterocycles. The van der Waals surface area contributed by atoms with Gasteiger partial charge in [0.25, 0.3) is 0 Å². The fraction of sp³-hybridized carbons (Fsp3) is 0.143. The number of pyridine rings is 1. The monoisotopic (exact) mass is 299 g/mol. The maximum atomic E-state index is 13.8. The van der Waals surface area contributed by atoms with Crippen LogP contribution in [0.4, 0.5) is 17.6 Å². The van der Waals surface area contributed by atoms with E-state index in [0.717, 1.165) is 24.3 Å². The third-order valence-corrected chi connectivity index (χ3v) is 2.72. The van der Waals surface area contributed by atoms with Gasteiger partial charge in [-0.3, -0.25) is 4.79 Å². The van der Waals surface area contributed by atoms with Crippen molar-refractivity contribution in [3.05, 3.63) is 53.5 Å². The normalized spacial score (nSPS) is 11.4. The second-order valence-corrected chi connectivity index (χ2v) is 4.25. The van der Waals surface area contributed by atoms with Crippen LogP contribution in [0.25, 0.3) is 11.3 Å². The number of alkyl halides is 3. The van der Waals surface area contributed by atoms with Gasteiger partial charge in [0.1, 0.15) is 11.5 Å². The first-order valence-corrected chi connectivity index (χ1v) is 5.83. The maximum absolute atomic E-state index is 13.8. The molecule has 0 fully saturated rings. The lowest BCUT2D eigenvalue weighted by molar-refractivity contribution is -0.137. The highest BCUT2D eigenvalue weighted by atomic mass is 19.4. The van der Waals surface area contributed by atoms with E-state index in [9.17, 15) is 22.4 Å². The molecule has 110 valence electrons. The van der Waals surface area contributed by atoms with E-state index in [-0.39, 0.29) is 5.69 Å². The van der Waals surface area contributed by atoms with E-state index in [4.69, 9.17) is 5.11 Å². The standard InChI is InChI=1S/C14H9F4NO2/c15-11-6-5-8(7-12(20)21)19-13(11)9-3-1-2-4-10(9)14(16,17)18/h1-6H,7H2,(H,20,21). The maximum Gasteiger partial charge on any atom is 0.417 e. The lowest BCUT2D eigenvalue weighted by atomic mass is 10.0. The largest absolute Gasteiger partial charge is 0.481 e. The second kappa shape index (κ2) is 5.51. The Labute approximate surface area is 116 Å². The summed E-state index contributed by atoms with van der Waals surface area (Å²) in [4.78, 5) is 14.3. The second-order valence-electron chi connectivity index (χ2n) is 4.25. The molecule has 0 radical (unpaired) electrons. The van der Waals surface area contributed by atoms with Gasteiger partial charge in [-0.2, -0.15) is 13.2 Å². The van der Waals surface area contributed by atoms with E-state index >= 15 is 0 Å². The van der Waals surface area contributed by atoms with Crippen LogP contribution in [0.1, 0.15) is 11.3 Å². The number of carbonyl (C=O) groups is 1. The number of carboxylic acid groups (broad SMARTS) is 1. The molecule has 2 aromatic rings. The summed E-state index contributed by atoms with van der Waals surface area (Å²) < 4.78 is 52.6. The lowest BCUT2D eigenvalue weighted by Gasteiger charge is -2.13. The zero-order valence-electron chi connectivity index (χ0n) is 10.5. The number of nitrogens with zero attached hydrogens (tertiary/aromatic N) is 1. The van der Waals surface area contributed by atoms with Crippen molar-refractivity contribution in [1.82, 2.24) is 4.98 Å². The molecule has 1 N–H and O–H groups in total. The summed E-state index contributed by atoms with van der Waals surface area (Å²) in [7, 11) is 0. The fourth-order valence-corrected chi connectivity index (χ4v) is 1.86. The molecule has 3 nitrogen and oxygen atoms in total. The molecule has 0 saturated heterocycles. The van der Waals surface area contributed by atoms with Crippen LogP contribution >= 0.6 is 0 Å². The molecule has 0 saturated carbocycles. The first-order valence-electron chi connectivity index (χ1n) is 5.83. The van der Waals surface area contributed by atoms with Gasteiger partial charge in [-0.15, -0.1) is 0 Å². The highest BCUT2D eigenvalue weighted by Crippen LogP contribution is 2.37. The Morgan fingerprint density at radius 1 is 1.14 bits per heavy atom. The average molecular weight is 299 g/mol. The van der Waals surface area contributed by atoms with Crippen LogP contribution in [-0.4, -0.2) is 16.1 Å². The van der Waals surface area contributed by atoms with Crippen molar-refractivity contribution in [1.29, 1.82) is 0 Å². The zero-order valence-corrected chi connectivity index (χ0v) is 10.5. The topological polar surface area (TPSA) is 50.2 Å². The number of benzene rings is 1. The van der Waals surface area contributed by atoms with Crippen LogP contribution in [0.5, 0.6) is 0 Å². The van der Waals surface area contributed by atoms with Crippen molar-refractivity contribution in [2.45, 2.75) is 12.6 Å². The van der Waals surface area contributed by atoms with Crippen molar-refractivity contribution >= 4 is 5.97 Å². The fourth-order valence-electron chi connectivity index (χ4n) is 1.86. The van der Waals surface area contributed by atoms with Crippen LogP contribution in [0, 0.1) is 5.82 Å². The van der Waals surface area contributed by atoms with E-state index in [1.807, 2.05) is 0 Å². The van der Waals surface area contributed by atoms with Crippen LogP contribution in [-0.2, 0) is 17.4 Å². The summed E-state index contributed by atoms with van der Waals surface area (Å²) in [6, 6.07) is 6.47. The van der Waals surface area contributed by atoms with Gasteiger partial charge < -0.3 is 5.11 Å². The molecule has 1 aromatic carbocycles. The minimum Gasteiger partial charge on any atom is -0.481 e. The number of halogens is 4. The van der Waals surface area contributed by atoms with Gasteiger partial charge >= 0.3 is 12.1 Å². The van der Waals surface area contributed by atoms with Gasteiger partial charge in [-0.25, -0.2) is 9.37 Å². The summed E-state index contributed by atoms with van der Waals surface area (Å²) >= 11 is 0. The number of rotatable bonds is 3. The number of hydrogen-bond donors (Lipinski definition) is 1. The van der Waals surface area contributed by atoms with E-state index in [2.05, 4.69) is 4.98 Å². The smallest absolute Gasteiger partial charge is 0.417 e. The lowest BCUT2D eigenvalue weighted by Crippen LogP contribution is -2.09. The van der Waals surface area contributed by atoms with Crippen molar-refractivity contribution in [3.8, 4) is 11.3 Å².